The molecule has 1 aromatic carbocycles. The number of amides is 1. The fourth-order valence-corrected chi connectivity index (χ4v) is 4.53. The van der Waals surface area contributed by atoms with Gasteiger partial charge in [-0.3, -0.25) is 9.48 Å². The molecule has 0 N–H and O–H groups in total. The Labute approximate surface area is 162 Å². The number of thiazole rings is 1. The Morgan fingerprint density at radius 1 is 1.41 bits per heavy atom. The highest BCUT2D eigenvalue weighted by Crippen LogP contribution is 2.33. The van der Waals surface area contributed by atoms with Crippen LogP contribution in [0.2, 0.25) is 0 Å². The first-order valence-corrected chi connectivity index (χ1v) is 9.82. The van der Waals surface area contributed by atoms with Crippen LogP contribution < -0.4 is 9.64 Å². The monoisotopic (exact) mass is 385 g/mol. The summed E-state index contributed by atoms with van der Waals surface area (Å²) in [5.74, 6) is 0.861. The lowest BCUT2D eigenvalue weighted by atomic mass is 10.0. The summed E-state index contributed by atoms with van der Waals surface area (Å²) < 4.78 is 8.08. The average molecular weight is 385 g/mol. The van der Waals surface area contributed by atoms with Crippen LogP contribution >= 0.6 is 11.3 Å². The topological polar surface area (TPSA) is 63.5 Å². The van der Waals surface area contributed by atoms with Gasteiger partial charge >= 0.3 is 0 Å². The number of likely N-dealkylation sites (N-methyl/N-ethyl adjacent to an activating group) is 1. The minimum absolute atomic E-state index is 0.0176. The van der Waals surface area contributed by atoms with Gasteiger partial charge in [0.25, 0.3) is 5.91 Å². The smallest absolute Gasteiger partial charge is 0.257 e. The van der Waals surface area contributed by atoms with Gasteiger partial charge in [0, 0.05) is 39.4 Å². The lowest BCUT2D eigenvalue weighted by molar-refractivity contribution is 0.0717. The van der Waals surface area contributed by atoms with Gasteiger partial charge in [-0.05, 0) is 31.0 Å². The molecule has 0 radical (unpaired) electrons. The predicted molar refractivity (Wildman–Crippen MR) is 107 cm³/mol. The maximum atomic E-state index is 12.7. The minimum Gasteiger partial charge on any atom is -0.497 e. The number of hydrogen-bond donors (Lipinski definition) is 0. The van der Waals surface area contributed by atoms with Crippen molar-refractivity contribution in [3.8, 4) is 5.75 Å². The Morgan fingerprint density at radius 2 is 2.26 bits per heavy atom. The van der Waals surface area contributed by atoms with Crippen molar-refractivity contribution in [2.24, 2.45) is 7.05 Å². The van der Waals surface area contributed by atoms with Gasteiger partial charge in [0.15, 0.2) is 5.13 Å². The minimum atomic E-state index is 0.0176. The van der Waals surface area contributed by atoms with E-state index in [1.165, 1.54) is 0 Å². The van der Waals surface area contributed by atoms with E-state index in [0.717, 1.165) is 47.0 Å². The highest BCUT2D eigenvalue weighted by atomic mass is 32.1. The maximum absolute atomic E-state index is 12.7. The first-order chi connectivity index (χ1) is 13.0. The number of benzene rings is 1. The van der Waals surface area contributed by atoms with Crippen LogP contribution in [0.5, 0.6) is 5.75 Å². The Hall–Kier alpha value is -2.61. The molecule has 7 nitrogen and oxygen atoms in total. The normalized spacial score (nSPS) is 17.3. The van der Waals surface area contributed by atoms with Gasteiger partial charge in [0.1, 0.15) is 5.75 Å². The van der Waals surface area contributed by atoms with Crippen LogP contribution in [0.1, 0.15) is 23.2 Å². The van der Waals surface area contributed by atoms with E-state index in [1.807, 2.05) is 37.2 Å². The van der Waals surface area contributed by atoms with Crippen molar-refractivity contribution >= 4 is 32.6 Å². The first kappa shape index (κ1) is 17.8. The second kappa shape index (κ2) is 7.19. The van der Waals surface area contributed by atoms with E-state index in [9.17, 15) is 4.79 Å². The SMILES string of the molecule is COc1ccc2nc(N3CCCC(N(C)C(=O)c4cnn(C)c4)C3)sc2c1. The first-order valence-electron chi connectivity index (χ1n) is 9.00. The number of piperidine rings is 1. The second-order valence-electron chi connectivity index (χ2n) is 6.89. The van der Waals surface area contributed by atoms with E-state index >= 15 is 0 Å². The molecule has 0 spiro atoms. The lowest BCUT2D eigenvalue weighted by Gasteiger charge is -2.37. The van der Waals surface area contributed by atoms with E-state index in [2.05, 4.69) is 10.00 Å². The summed E-state index contributed by atoms with van der Waals surface area (Å²) in [5.41, 5.74) is 1.61. The van der Waals surface area contributed by atoms with Crippen molar-refractivity contribution in [1.29, 1.82) is 0 Å². The van der Waals surface area contributed by atoms with Crippen molar-refractivity contribution in [3.05, 3.63) is 36.2 Å². The number of nitrogens with zero attached hydrogens (tertiary/aromatic N) is 5. The number of carbonyl (C=O) groups is 1. The quantitative estimate of drug-likeness (QED) is 0.691. The zero-order valence-corrected chi connectivity index (χ0v) is 16.6. The zero-order valence-electron chi connectivity index (χ0n) is 15.8. The van der Waals surface area contributed by atoms with Crippen molar-refractivity contribution in [2.45, 2.75) is 18.9 Å². The molecular formula is C19H23N5O2S. The van der Waals surface area contributed by atoms with E-state index in [-0.39, 0.29) is 11.9 Å². The standard InChI is InChI=1S/C19H23N5O2S/c1-22-11-13(10-20-22)18(25)23(2)14-5-4-8-24(12-14)19-21-16-7-6-15(26-3)9-17(16)27-19/h6-7,9-11,14H,4-5,8,12H2,1-3H3. The number of ether oxygens (including phenoxy) is 1. The molecule has 142 valence electrons. The Morgan fingerprint density at radius 3 is 3.00 bits per heavy atom. The maximum Gasteiger partial charge on any atom is 0.257 e. The van der Waals surface area contributed by atoms with Gasteiger partial charge in [-0.25, -0.2) is 4.98 Å². The molecule has 1 aliphatic rings. The van der Waals surface area contributed by atoms with Gasteiger partial charge in [0.05, 0.1) is 29.1 Å². The summed E-state index contributed by atoms with van der Waals surface area (Å²) in [7, 11) is 5.38. The molecule has 0 bridgehead atoms. The van der Waals surface area contributed by atoms with Gasteiger partial charge in [-0.2, -0.15) is 5.10 Å². The Bertz CT molecular complexity index is 966. The summed E-state index contributed by atoms with van der Waals surface area (Å²) in [5, 5.41) is 5.11. The number of fused-ring (bicyclic) bond motifs is 1. The Kier molecular flexibility index (Phi) is 4.73. The van der Waals surface area contributed by atoms with Crippen LogP contribution in [-0.2, 0) is 7.05 Å². The van der Waals surface area contributed by atoms with Crippen molar-refractivity contribution in [2.75, 3.05) is 32.1 Å². The van der Waals surface area contributed by atoms with E-state index in [4.69, 9.17) is 9.72 Å². The number of aromatic nitrogens is 3. The third kappa shape index (κ3) is 3.49. The third-order valence-corrected chi connectivity index (χ3v) is 6.15. The van der Waals surface area contributed by atoms with Crippen LogP contribution in [0.3, 0.4) is 0 Å². The van der Waals surface area contributed by atoms with Gasteiger partial charge in [-0.1, -0.05) is 11.3 Å². The van der Waals surface area contributed by atoms with Crippen molar-refractivity contribution in [1.82, 2.24) is 19.7 Å². The number of anilines is 1. The number of aryl methyl sites for hydroxylation is 1. The van der Waals surface area contributed by atoms with E-state index < -0.39 is 0 Å². The zero-order chi connectivity index (χ0) is 19.0. The molecule has 3 heterocycles. The third-order valence-electron chi connectivity index (χ3n) is 5.07. The molecular weight excluding hydrogens is 362 g/mol. The molecule has 3 aromatic rings. The molecule has 1 unspecified atom stereocenters. The molecule has 4 rings (SSSR count). The summed E-state index contributed by atoms with van der Waals surface area (Å²) >= 11 is 1.67. The molecule has 1 amide bonds. The number of methoxy groups -OCH3 is 1. The number of hydrogen-bond acceptors (Lipinski definition) is 6. The van der Waals surface area contributed by atoms with E-state index in [1.54, 1.807) is 35.5 Å². The highest BCUT2D eigenvalue weighted by Gasteiger charge is 2.28. The van der Waals surface area contributed by atoms with E-state index in [0.29, 0.717) is 5.56 Å². The highest BCUT2D eigenvalue weighted by molar-refractivity contribution is 7.22. The second-order valence-corrected chi connectivity index (χ2v) is 7.90. The van der Waals surface area contributed by atoms with Gasteiger partial charge in [0.2, 0.25) is 0 Å². The lowest BCUT2D eigenvalue weighted by Crippen LogP contribution is -2.48. The molecule has 0 aliphatic carbocycles. The molecule has 1 saturated heterocycles. The number of rotatable bonds is 4. The summed E-state index contributed by atoms with van der Waals surface area (Å²) in [6, 6.07) is 6.11. The fourth-order valence-electron chi connectivity index (χ4n) is 3.50. The average Bonchev–Trinajstić information content (AvgIpc) is 3.32. The fraction of sp³-hybridized carbons (Fsp3) is 0.421. The summed E-state index contributed by atoms with van der Waals surface area (Å²) in [4.78, 5) is 21.7. The van der Waals surface area contributed by atoms with Crippen LogP contribution in [-0.4, -0.2) is 58.9 Å². The van der Waals surface area contributed by atoms with Crippen LogP contribution in [0.15, 0.2) is 30.6 Å². The van der Waals surface area contributed by atoms with Crippen molar-refractivity contribution in [3.63, 3.8) is 0 Å². The van der Waals surface area contributed by atoms with Gasteiger partial charge in [-0.15, -0.1) is 0 Å². The summed E-state index contributed by atoms with van der Waals surface area (Å²) in [6.07, 6.45) is 5.42. The largest absolute Gasteiger partial charge is 0.497 e. The molecule has 2 aromatic heterocycles. The number of carbonyl (C=O) groups excluding carboxylic acids is 1. The molecule has 1 atom stereocenters. The summed E-state index contributed by atoms with van der Waals surface area (Å²) in [6.45, 7) is 1.75. The molecule has 0 saturated carbocycles. The molecule has 27 heavy (non-hydrogen) atoms. The molecule has 8 heteroatoms. The predicted octanol–water partition coefficient (Wildman–Crippen LogP) is 2.78. The Balaban J connectivity index is 1.51. The van der Waals surface area contributed by atoms with Crippen LogP contribution in [0.25, 0.3) is 10.2 Å². The molecule has 1 fully saturated rings. The molecule has 1 aliphatic heterocycles. The van der Waals surface area contributed by atoms with Crippen LogP contribution in [0, 0.1) is 0 Å². The van der Waals surface area contributed by atoms with Crippen LogP contribution in [0.4, 0.5) is 5.13 Å². The van der Waals surface area contributed by atoms with Gasteiger partial charge < -0.3 is 14.5 Å². The van der Waals surface area contributed by atoms with Crippen molar-refractivity contribution < 1.29 is 9.53 Å².